The Labute approximate surface area is 242 Å². The molecule has 2 aliphatic carbocycles. The second-order valence-electron chi connectivity index (χ2n) is 16.4. The van der Waals surface area contributed by atoms with Crippen LogP contribution in [0.4, 0.5) is 0 Å². The van der Waals surface area contributed by atoms with Crippen molar-refractivity contribution in [1.82, 2.24) is 0 Å². The number of aliphatic hydroxyl groups excluding tert-OH is 1. The summed E-state index contributed by atoms with van der Waals surface area (Å²) in [5, 5.41) is 13.0. The van der Waals surface area contributed by atoms with E-state index < -0.39 is 39.2 Å². The first-order chi connectivity index (χ1) is 17.8. The van der Waals surface area contributed by atoms with Crippen LogP contribution in [0.15, 0.2) is 23.3 Å². The van der Waals surface area contributed by atoms with E-state index in [0.29, 0.717) is 13.2 Å². The molecule has 4 nitrogen and oxygen atoms in total. The van der Waals surface area contributed by atoms with Gasteiger partial charge in [0.1, 0.15) is 5.60 Å². The van der Waals surface area contributed by atoms with Crippen LogP contribution in [-0.2, 0) is 13.6 Å². The summed E-state index contributed by atoms with van der Waals surface area (Å²) in [6, 6.07) is 0. The number of rotatable bonds is 9. The molecular weight excluding hydrogens is 517 g/mol. The monoisotopic (exact) mass is 576 g/mol. The molecule has 2 heterocycles. The van der Waals surface area contributed by atoms with Gasteiger partial charge in [-0.2, -0.15) is 0 Å². The van der Waals surface area contributed by atoms with Crippen molar-refractivity contribution in [3.05, 3.63) is 23.3 Å². The lowest BCUT2D eigenvalue weighted by molar-refractivity contribution is -0.168. The Bertz CT molecular complexity index is 987. The topological polar surface area (TPSA) is 47.9 Å². The van der Waals surface area contributed by atoms with E-state index in [1.165, 1.54) is 17.6 Å². The van der Waals surface area contributed by atoms with E-state index in [0.717, 1.165) is 38.5 Å². The molecule has 1 saturated heterocycles. The van der Waals surface area contributed by atoms with E-state index in [1.807, 2.05) is 0 Å². The Morgan fingerprint density at radius 2 is 1.54 bits per heavy atom. The molecule has 2 aliphatic heterocycles. The minimum atomic E-state index is -2.10. The summed E-state index contributed by atoms with van der Waals surface area (Å²) in [5.74, 6) is 0.120. The van der Waals surface area contributed by atoms with Gasteiger partial charge in [0.15, 0.2) is 16.6 Å². The van der Waals surface area contributed by atoms with Gasteiger partial charge >= 0.3 is 0 Å². The summed E-state index contributed by atoms with van der Waals surface area (Å²) >= 11 is 0. The van der Waals surface area contributed by atoms with Crippen LogP contribution in [0.3, 0.4) is 0 Å². The van der Waals surface area contributed by atoms with Crippen LogP contribution in [0.1, 0.15) is 100 Å². The number of unbranched alkanes of at least 4 members (excludes halogenated alkanes) is 1. The van der Waals surface area contributed by atoms with Crippen LogP contribution >= 0.6 is 0 Å². The summed E-state index contributed by atoms with van der Waals surface area (Å²) in [7, 11) is -4.16. The highest BCUT2D eigenvalue weighted by Crippen LogP contribution is 2.74. The molecule has 4 rings (SSSR count). The van der Waals surface area contributed by atoms with Gasteiger partial charge in [0, 0.05) is 19.1 Å². The molecule has 4 aliphatic rings. The lowest BCUT2D eigenvalue weighted by Gasteiger charge is -2.62. The fraction of sp³-hybridized carbons (Fsp3) is 0.879. The highest BCUT2D eigenvalue weighted by atomic mass is 28.4. The number of ether oxygens (including phenoxy) is 1. The first-order valence-electron chi connectivity index (χ1n) is 15.9. The fourth-order valence-electron chi connectivity index (χ4n) is 7.67. The lowest BCUT2D eigenvalue weighted by Crippen LogP contribution is -2.70. The molecule has 0 radical (unpaired) electrons. The molecular formula is C33H60O4Si2. The van der Waals surface area contributed by atoms with Crippen LogP contribution in [0, 0.1) is 16.7 Å². The van der Waals surface area contributed by atoms with Crippen molar-refractivity contribution in [2.75, 3.05) is 13.2 Å². The van der Waals surface area contributed by atoms with Crippen molar-refractivity contribution in [2.45, 2.75) is 154 Å². The molecule has 2 fully saturated rings. The third-order valence-corrected chi connectivity index (χ3v) is 21.3. The molecule has 0 amide bonds. The van der Waals surface area contributed by atoms with Gasteiger partial charge in [-0.25, -0.2) is 0 Å². The molecule has 39 heavy (non-hydrogen) atoms. The van der Waals surface area contributed by atoms with Crippen molar-refractivity contribution in [3.8, 4) is 0 Å². The second kappa shape index (κ2) is 10.2. The normalized spacial score (nSPS) is 36.9. The van der Waals surface area contributed by atoms with E-state index in [-0.39, 0.29) is 22.1 Å². The summed E-state index contributed by atoms with van der Waals surface area (Å²) in [5.41, 5.74) is 1.35. The highest BCUT2D eigenvalue weighted by molar-refractivity contribution is 6.74. The maximum absolute atomic E-state index is 12.8. The predicted molar refractivity (Wildman–Crippen MR) is 168 cm³/mol. The number of hydrogen-bond donors (Lipinski definition) is 1. The summed E-state index contributed by atoms with van der Waals surface area (Å²) in [4.78, 5) is 0. The molecule has 0 unspecified atom stereocenters. The maximum Gasteiger partial charge on any atom is 0.192 e. The molecule has 1 saturated carbocycles. The lowest BCUT2D eigenvalue weighted by atomic mass is 9.42. The number of hydrogen-bond acceptors (Lipinski definition) is 4. The molecule has 0 aromatic heterocycles. The Kier molecular flexibility index (Phi) is 8.28. The summed E-state index contributed by atoms with van der Waals surface area (Å²) < 4.78 is 21.7. The first-order valence-corrected chi connectivity index (χ1v) is 21.7. The number of fused-ring (bicyclic) bond motifs is 3. The van der Waals surface area contributed by atoms with Gasteiger partial charge in [-0.15, -0.1) is 0 Å². The Hall–Kier alpha value is -0.246. The minimum Gasteiger partial charge on any atom is -0.416 e. The van der Waals surface area contributed by atoms with Gasteiger partial charge in [-0.05, 0) is 80.9 Å². The van der Waals surface area contributed by atoms with Crippen molar-refractivity contribution in [3.63, 3.8) is 0 Å². The molecule has 6 heteroatoms. The SMILES string of the molecule is CCCC[C@@H]1C=C(C)[C@]2(CO[Si](C)(C)C(C)(C)C)[C@H]3C=C4CCCC[C@@]4(O3)[C@]2(CO[Si](C)(C)C(C)(C)C)[C@@H]1O. The van der Waals surface area contributed by atoms with Gasteiger partial charge < -0.3 is 18.7 Å². The molecule has 0 aromatic carbocycles. The van der Waals surface area contributed by atoms with Crippen LogP contribution in [0.2, 0.25) is 36.3 Å². The Morgan fingerprint density at radius 3 is 2.10 bits per heavy atom. The Balaban J connectivity index is 1.92. The van der Waals surface area contributed by atoms with Gasteiger partial charge in [0.25, 0.3) is 0 Å². The van der Waals surface area contributed by atoms with Gasteiger partial charge in [-0.1, -0.05) is 79.0 Å². The van der Waals surface area contributed by atoms with Crippen LogP contribution in [0.25, 0.3) is 0 Å². The zero-order chi connectivity index (χ0) is 29.3. The van der Waals surface area contributed by atoms with E-state index >= 15 is 0 Å². The van der Waals surface area contributed by atoms with Crippen LogP contribution in [-0.4, -0.2) is 52.8 Å². The van der Waals surface area contributed by atoms with Crippen molar-refractivity contribution in [1.29, 1.82) is 0 Å². The largest absolute Gasteiger partial charge is 0.416 e. The predicted octanol–water partition coefficient (Wildman–Crippen LogP) is 8.78. The van der Waals surface area contributed by atoms with Gasteiger partial charge in [0.05, 0.1) is 23.0 Å². The average molecular weight is 577 g/mol. The molecule has 2 bridgehead atoms. The van der Waals surface area contributed by atoms with E-state index in [4.69, 9.17) is 13.6 Å². The first kappa shape index (κ1) is 31.7. The van der Waals surface area contributed by atoms with Crippen molar-refractivity contribution >= 4 is 16.6 Å². The molecule has 1 spiro atoms. The zero-order valence-electron chi connectivity index (χ0n) is 27.4. The van der Waals surface area contributed by atoms with E-state index in [2.05, 4.69) is 93.7 Å². The quantitative estimate of drug-likeness (QED) is 0.220. The van der Waals surface area contributed by atoms with E-state index in [1.54, 1.807) is 0 Å². The standard InChI is InChI=1S/C33H60O4Si2/c1-13-14-17-25-20-24(2)31(22-35-38(9,10)29(3,4)5)27-21-26-18-15-16-19-33(26,37-27)32(31,28(25)34)23-36-39(11,12)30(6,7)8/h20-21,25,27-28,34H,13-19,22-23H2,1-12H3/t25-,27-,28-,31-,32-,33+/m1/s1. The third kappa shape index (κ3) is 4.57. The van der Waals surface area contributed by atoms with E-state index in [9.17, 15) is 5.11 Å². The molecule has 1 N–H and O–H groups in total. The molecule has 6 atom stereocenters. The zero-order valence-corrected chi connectivity index (χ0v) is 29.4. The second-order valence-corrected chi connectivity index (χ2v) is 26.0. The third-order valence-electron chi connectivity index (χ3n) is 12.3. The molecule has 0 aromatic rings. The Morgan fingerprint density at radius 1 is 0.949 bits per heavy atom. The summed E-state index contributed by atoms with van der Waals surface area (Å²) in [6.45, 7) is 29.0. The fourth-order valence-corrected chi connectivity index (χ4v) is 9.72. The highest BCUT2D eigenvalue weighted by Gasteiger charge is 2.80. The smallest absolute Gasteiger partial charge is 0.192 e. The minimum absolute atomic E-state index is 0.0728. The maximum atomic E-state index is 12.8. The molecule has 224 valence electrons. The average Bonchev–Trinajstić information content (AvgIpc) is 3.32. The number of aliphatic hydroxyl groups is 1. The van der Waals surface area contributed by atoms with Gasteiger partial charge in [0.2, 0.25) is 0 Å². The van der Waals surface area contributed by atoms with Crippen LogP contribution < -0.4 is 0 Å². The van der Waals surface area contributed by atoms with Crippen LogP contribution in [0.5, 0.6) is 0 Å². The van der Waals surface area contributed by atoms with Crippen molar-refractivity contribution < 1.29 is 18.7 Å². The van der Waals surface area contributed by atoms with Gasteiger partial charge in [-0.3, -0.25) is 0 Å². The van der Waals surface area contributed by atoms with Crippen molar-refractivity contribution in [2.24, 2.45) is 16.7 Å². The summed E-state index contributed by atoms with van der Waals surface area (Å²) in [6.07, 6.45) is 11.9.